The summed E-state index contributed by atoms with van der Waals surface area (Å²) in [6.45, 7) is 0.0692. The fourth-order valence-corrected chi connectivity index (χ4v) is 2.57. The number of carbonyl (C=O) groups excluding carboxylic acids is 1. The maximum atomic E-state index is 12.6. The van der Waals surface area contributed by atoms with E-state index in [2.05, 4.69) is 15.6 Å². The van der Waals surface area contributed by atoms with Crippen LogP contribution in [0.1, 0.15) is 16.8 Å². The van der Waals surface area contributed by atoms with E-state index in [1.165, 1.54) is 18.3 Å². The number of fused-ring (bicyclic) bond motifs is 1. The number of halogens is 3. The van der Waals surface area contributed by atoms with E-state index in [4.69, 9.17) is 5.26 Å². The minimum atomic E-state index is -4.39. The number of pyridine rings is 1. The number of carbonyl (C=O) groups is 1. The summed E-state index contributed by atoms with van der Waals surface area (Å²) in [4.78, 5) is 16.1. The number of urea groups is 1. The van der Waals surface area contributed by atoms with Crippen molar-refractivity contribution in [3.63, 3.8) is 0 Å². The lowest BCUT2D eigenvalue weighted by Gasteiger charge is -2.11. The van der Waals surface area contributed by atoms with Crippen LogP contribution in [-0.4, -0.2) is 11.0 Å². The van der Waals surface area contributed by atoms with E-state index in [1.807, 2.05) is 6.07 Å². The molecule has 5 nitrogen and oxygen atoms in total. The Hall–Kier alpha value is -3.60. The Labute approximate surface area is 152 Å². The molecular formula is C19H13F3N4O. The standard InChI is InChI=1S/C19H13F3N4O/c20-19(21,22)13-6-4-12(5-7-13)11-25-18(27)26-16-3-1-2-14-15(16)8-9-24-17(14)10-23/h1-9H,11H2,(H2,25,26,27). The fourth-order valence-electron chi connectivity index (χ4n) is 2.57. The summed E-state index contributed by atoms with van der Waals surface area (Å²) in [5.41, 5.74) is 0.540. The highest BCUT2D eigenvalue weighted by Crippen LogP contribution is 2.29. The van der Waals surface area contributed by atoms with Crippen LogP contribution in [0, 0.1) is 11.3 Å². The molecule has 1 aromatic heterocycles. The summed E-state index contributed by atoms with van der Waals surface area (Å²) < 4.78 is 37.7. The SMILES string of the molecule is N#Cc1nccc2c(NC(=O)NCc3ccc(C(F)(F)F)cc3)cccc12. The van der Waals surface area contributed by atoms with Gasteiger partial charge < -0.3 is 10.6 Å². The van der Waals surface area contributed by atoms with Crippen molar-refractivity contribution in [2.75, 3.05) is 5.32 Å². The largest absolute Gasteiger partial charge is 0.416 e. The molecule has 2 N–H and O–H groups in total. The third-order valence-electron chi connectivity index (χ3n) is 3.89. The minimum absolute atomic E-state index is 0.0692. The first-order chi connectivity index (χ1) is 12.9. The van der Waals surface area contributed by atoms with E-state index in [1.54, 1.807) is 24.3 Å². The third-order valence-corrected chi connectivity index (χ3v) is 3.89. The van der Waals surface area contributed by atoms with E-state index in [9.17, 15) is 18.0 Å². The smallest absolute Gasteiger partial charge is 0.334 e. The molecule has 0 aliphatic rings. The fraction of sp³-hybridized carbons (Fsp3) is 0.105. The lowest BCUT2D eigenvalue weighted by Crippen LogP contribution is -2.28. The molecule has 0 fully saturated rings. The molecule has 0 saturated heterocycles. The second-order valence-corrected chi connectivity index (χ2v) is 5.67. The van der Waals surface area contributed by atoms with E-state index < -0.39 is 17.8 Å². The van der Waals surface area contributed by atoms with Gasteiger partial charge in [0.25, 0.3) is 0 Å². The molecule has 1 heterocycles. The van der Waals surface area contributed by atoms with E-state index in [0.717, 1.165) is 12.1 Å². The van der Waals surface area contributed by atoms with Crippen LogP contribution in [0.2, 0.25) is 0 Å². The van der Waals surface area contributed by atoms with Gasteiger partial charge in [-0.3, -0.25) is 0 Å². The number of hydrogen-bond acceptors (Lipinski definition) is 3. The van der Waals surface area contributed by atoms with Crippen LogP contribution in [0.3, 0.4) is 0 Å². The molecule has 0 spiro atoms. The summed E-state index contributed by atoms with van der Waals surface area (Å²) in [6, 6.07) is 12.8. The molecule has 0 saturated carbocycles. The van der Waals surface area contributed by atoms with Crippen molar-refractivity contribution in [2.45, 2.75) is 12.7 Å². The van der Waals surface area contributed by atoms with Crippen molar-refractivity contribution in [3.8, 4) is 6.07 Å². The molecule has 0 unspecified atom stereocenters. The van der Waals surface area contributed by atoms with Crippen LogP contribution in [0.15, 0.2) is 54.7 Å². The third kappa shape index (κ3) is 4.15. The predicted octanol–water partition coefficient (Wildman–Crippen LogP) is 4.45. The molecule has 3 rings (SSSR count). The Morgan fingerprint density at radius 2 is 1.81 bits per heavy atom. The molecule has 0 radical (unpaired) electrons. The minimum Gasteiger partial charge on any atom is -0.334 e. The van der Waals surface area contributed by atoms with Crippen molar-refractivity contribution in [1.29, 1.82) is 5.26 Å². The van der Waals surface area contributed by atoms with Gasteiger partial charge in [-0.1, -0.05) is 24.3 Å². The monoisotopic (exact) mass is 370 g/mol. The molecule has 2 amide bonds. The van der Waals surface area contributed by atoms with Crippen LogP contribution in [0.4, 0.5) is 23.7 Å². The van der Waals surface area contributed by atoms with E-state index in [-0.39, 0.29) is 12.2 Å². The topological polar surface area (TPSA) is 77.8 Å². The van der Waals surface area contributed by atoms with Crippen molar-refractivity contribution < 1.29 is 18.0 Å². The highest BCUT2D eigenvalue weighted by Gasteiger charge is 2.29. The molecule has 0 aliphatic carbocycles. The normalized spacial score (nSPS) is 11.0. The molecule has 3 aromatic rings. The maximum absolute atomic E-state index is 12.6. The average molecular weight is 370 g/mol. The van der Waals surface area contributed by atoms with Crippen LogP contribution < -0.4 is 10.6 Å². The highest BCUT2D eigenvalue weighted by molar-refractivity contribution is 6.02. The zero-order chi connectivity index (χ0) is 19.4. The van der Waals surface area contributed by atoms with Gasteiger partial charge in [-0.25, -0.2) is 9.78 Å². The van der Waals surface area contributed by atoms with Crippen molar-refractivity contribution >= 4 is 22.5 Å². The maximum Gasteiger partial charge on any atom is 0.416 e. The first kappa shape index (κ1) is 18.2. The van der Waals surface area contributed by atoms with Crippen molar-refractivity contribution in [3.05, 3.63) is 71.5 Å². The van der Waals surface area contributed by atoms with Gasteiger partial charge in [-0.05, 0) is 29.8 Å². The summed E-state index contributed by atoms with van der Waals surface area (Å²) in [5, 5.41) is 15.6. The number of nitrogens with zero attached hydrogens (tertiary/aromatic N) is 2. The Balaban J connectivity index is 1.68. The number of nitrogens with one attached hydrogen (secondary N) is 2. The zero-order valence-corrected chi connectivity index (χ0v) is 13.8. The van der Waals surface area contributed by atoms with Crippen LogP contribution in [0.25, 0.3) is 10.8 Å². The van der Waals surface area contributed by atoms with Crippen LogP contribution in [0.5, 0.6) is 0 Å². The average Bonchev–Trinajstić information content (AvgIpc) is 2.66. The zero-order valence-electron chi connectivity index (χ0n) is 13.8. The quantitative estimate of drug-likeness (QED) is 0.715. The van der Waals surface area contributed by atoms with E-state index in [0.29, 0.717) is 22.0 Å². The number of anilines is 1. The molecule has 2 aromatic carbocycles. The van der Waals surface area contributed by atoms with Gasteiger partial charge >= 0.3 is 12.2 Å². The molecule has 136 valence electrons. The van der Waals surface area contributed by atoms with Gasteiger partial charge in [0.15, 0.2) is 0 Å². The number of nitriles is 1. The lowest BCUT2D eigenvalue weighted by molar-refractivity contribution is -0.137. The van der Waals surface area contributed by atoms with Crippen molar-refractivity contribution in [2.24, 2.45) is 0 Å². The highest BCUT2D eigenvalue weighted by atomic mass is 19.4. The number of amides is 2. The van der Waals surface area contributed by atoms with Gasteiger partial charge in [0.1, 0.15) is 11.8 Å². The van der Waals surface area contributed by atoms with Gasteiger partial charge in [-0.2, -0.15) is 18.4 Å². The van der Waals surface area contributed by atoms with Crippen LogP contribution in [-0.2, 0) is 12.7 Å². The Bertz CT molecular complexity index is 1020. The molecule has 0 bridgehead atoms. The molecule has 0 atom stereocenters. The summed E-state index contributed by atoms with van der Waals surface area (Å²) >= 11 is 0. The number of rotatable bonds is 3. The number of benzene rings is 2. The molecule has 27 heavy (non-hydrogen) atoms. The first-order valence-electron chi connectivity index (χ1n) is 7.87. The van der Waals surface area contributed by atoms with E-state index >= 15 is 0 Å². The van der Waals surface area contributed by atoms with Gasteiger partial charge in [-0.15, -0.1) is 0 Å². The second kappa shape index (κ2) is 7.33. The summed E-state index contributed by atoms with van der Waals surface area (Å²) in [5.74, 6) is 0. The van der Waals surface area contributed by atoms with Crippen molar-refractivity contribution in [1.82, 2.24) is 10.3 Å². The lowest BCUT2D eigenvalue weighted by atomic mass is 10.1. The molecular weight excluding hydrogens is 357 g/mol. The number of hydrogen-bond donors (Lipinski definition) is 2. The Morgan fingerprint density at radius 3 is 2.48 bits per heavy atom. The van der Waals surface area contributed by atoms with Gasteiger partial charge in [0, 0.05) is 23.5 Å². The van der Waals surface area contributed by atoms with Gasteiger partial charge in [0.05, 0.1) is 11.3 Å². The number of aromatic nitrogens is 1. The number of alkyl halides is 3. The van der Waals surface area contributed by atoms with Gasteiger partial charge in [0.2, 0.25) is 0 Å². The summed E-state index contributed by atoms with van der Waals surface area (Å²) in [7, 11) is 0. The first-order valence-corrected chi connectivity index (χ1v) is 7.87. The Morgan fingerprint density at radius 1 is 1.07 bits per heavy atom. The summed E-state index contributed by atoms with van der Waals surface area (Å²) in [6.07, 6.45) is -2.92. The van der Waals surface area contributed by atoms with Crippen LogP contribution >= 0.6 is 0 Å². The second-order valence-electron chi connectivity index (χ2n) is 5.67. The molecule has 0 aliphatic heterocycles. The Kier molecular flexibility index (Phi) is 4.94. The predicted molar refractivity (Wildman–Crippen MR) is 93.8 cm³/mol. The molecule has 8 heteroatoms.